The van der Waals surface area contributed by atoms with Gasteiger partial charge in [-0.1, -0.05) is 12.1 Å². The molecule has 0 aliphatic heterocycles. The summed E-state index contributed by atoms with van der Waals surface area (Å²) in [5.74, 6) is -0.711. The molecule has 1 aromatic heterocycles. The van der Waals surface area contributed by atoms with Crippen molar-refractivity contribution in [3.8, 4) is 11.1 Å². The van der Waals surface area contributed by atoms with Crippen LogP contribution in [0.15, 0.2) is 42.7 Å². The first-order valence-electron chi connectivity index (χ1n) is 6.72. The second kappa shape index (κ2) is 6.95. The van der Waals surface area contributed by atoms with Gasteiger partial charge in [0.25, 0.3) is 0 Å². The molecule has 1 aromatic carbocycles. The van der Waals surface area contributed by atoms with Crippen LogP contribution >= 0.6 is 0 Å². The Hall–Kier alpha value is -2.27. The van der Waals surface area contributed by atoms with Gasteiger partial charge < -0.3 is 10.5 Å². The Labute approximate surface area is 122 Å². The molecule has 1 atom stereocenters. The number of halogens is 1. The predicted octanol–water partition coefficient (Wildman–Crippen LogP) is 2.32. The number of pyridine rings is 1. The molecular formula is C16H17FN2O2. The van der Waals surface area contributed by atoms with Crippen molar-refractivity contribution < 1.29 is 13.9 Å². The van der Waals surface area contributed by atoms with Crippen LogP contribution in [0.1, 0.15) is 12.5 Å². The van der Waals surface area contributed by atoms with Crippen LogP contribution in [-0.2, 0) is 16.0 Å². The summed E-state index contributed by atoms with van der Waals surface area (Å²) in [4.78, 5) is 15.7. The van der Waals surface area contributed by atoms with Gasteiger partial charge in [-0.15, -0.1) is 0 Å². The van der Waals surface area contributed by atoms with Crippen LogP contribution in [0.4, 0.5) is 4.39 Å². The molecule has 0 saturated heterocycles. The number of aromatic nitrogens is 1. The number of carbonyl (C=O) groups excluding carboxylic acids is 1. The average molecular weight is 288 g/mol. The van der Waals surface area contributed by atoms with Gasteiger partial charge in [-0.05, 0) is 42.7 Å². The molecule has 0 aliphatic carbocycles. The Balaban J connectivity index is 2.14. The lowest BCUT2D eigenvalue weighted by Gasteiger charge is -2.11. The summed E-state index contributed by atoms with van der Waals surface area (Å²) in [6.07, 6.45) is 3.69. The Bertz CT molecular complexity index is 614. The fourth-order valence-electron chi connectivity index (χ4n) is 1.99. The van der Waals surface area contributed by atoms with E-state index in [1.165, 1.54) is 12.1 Å². The predicted molar refractivity (Wildman–Crippen MR) is 77.9 cm³/mol. The van der Waals surface area contributed by atoms with E-state index in [0.29, 0.717) is 13.0 Å². The summed E-state index contributed by atoms with van der Waals surface area (Å²) in [5.41, 5.74) is 8.33. The lowest BCUT2D eigenvalue weighted by Crippen LogP contribution is -2.34. The third kappa shape index (κ3) is 4.10. The van der Waals surface area contributed by atoms with E-state index in [9.17, 15) is 9.18 Å². The van der Waals surface area contributed by atoms with Crippen LogP contribution in [-0.4, -0.2) is 23.6 Å². The number of ether oxygens (including phenoxy) is 1. The van der Waals surface area contributed by atoms with Crippen LogP contribution in [0.3, 0.4) is 0 Å². The molecule has 0 aliphatic rings. The minimum absolute atomic E-state index is 0.285. The van der Waals surface area contributed by atoms with Crippen LogP contribution < -0.4 is 5.73 Å². The number of carbonyl (C=O) groups is 1. The molecule has 0 amide bonds. The van der Waals surface area contributed by atoms with Gasteiger partial charge in [-0.3, -0.25) is 9.78 Å². The minimum Gasteiger partial charge on any atom is -0.465 e. The maximum absolute atomic E-state index is 12.9. The number of esters is 1. The third-order valence-electron chi connectivity index (χ3n) is 3.02. The summed E-state index contributed by atoms with van der Waals surface area (Å²) in [5, 5.41) is 0. The van der Waals surface area contributed by atoms with E-state index in [2.05, 4.69) is 4.98 Å². The summed E-state index contributed by atoms with van der Waals surface area (Å²) < 4.78 is 17.8. The number of hydrogen-bond acceptors (Lipinski definition) is 4. The Kier molecular flexibility index (Phi) is 5.00. The molecule has 0 bridgehead atoms. The highest BCUT2D eigenvalue weighted by atomic mass is 19.1. The lowest BCUT2D eigenvalue weighted by molar-refractivity contribution is -0.144. The molecule has 0 fully saturated rings. The van der Waals surface area contributed by atoms with E-state index in [4.69, 9.17) is 10.5 Å². The fraction of sp³-hybridized carbons (Fsp3) is 0.250. The van der Waals surface area contributed by atoms with Gasteiger partial charge in [0.05, 0.1) is 6.61 Å². The molecule has 0 spiro atoms. The van der Waals surface area contributed by atoms with Crippen molar-refractivity contribution in [3.63, 3.8) is 0 Å². The summed E-state index contributed by atoms with van der Waals surface area (Å²) >= 11 is 0. The molecule has 21 heavy (non-hydrogen) atoms. The van der Waals surface area contributed by atoms with Crippen molar-refractivity contribution in [2.75, 3.05) is 6.61 Å². The first kappa shape index (κ1) is 15.1. The summed E-state index contributed by atoms with van der Waals surface area (Å²) in [6, 6.07) is 7.33. The lowest BCUT2D eigenvalue weighted by atomic mass is 10.0. The quantitative estimate of drug-likeness (QED) is 0.858. The standard InChI is InChI=1S/C16H17FN2O2/c1-2-21-16(20)15(18)8-11-7-13(10-19-9-11)12-3-5-14(17)6-4-12/h3-7,9-10,15H,2,8,18H2,1H3. The SMILES string of the molecule is CCOC(=O)C(N)Cc1cncc(-c2ccc(F)cc2)c1. The summed E-state index contributed by atoms with van der Waals surface area (Å²) in [7, 11) is 0. The van der Waals surface area contributed by atoms with Crippen molar-refractivity contribution >= 4 is 5.97 Å². The molecule has 2 N–H and O–H groups in total. The normalized spacial score (nSPS) is 12.0. The molecule has 1 unspecified atom stereocenters. The number of benzene rings is 1. The van der Waals surface area contributed by atoms with Gasteiger partial charge in [-0.25, -0.2) is 4.39 Å². The molecule has 0 saturated carbocycles. The van der Waals surface area contributed by atoms with Crippen molar-refractivity contribution in [1.82, 2.24) is 4.98 Å². The molecule has 2 rings (SSSR count). The molecule has 2 aromatic rings. The van der Waals surface area contributed by atoms with E-state index in [1.54, 1.807) is 31.5 Å². The van der Waals surface area contributed by atoms with E-state index < -0.39 is 12.0 Å². The topological polar surface area (TPSA) is 65.2 Å². The fourth-order valence-corrected chi connectivity index (χ4v) is 1.99. The zero-order chi connectivity index (χ0) is 15.2. The molecule has 110 valence electrons. The second-order valence-corrected chi connectivity index (χ2v) is 4.65. The van der Waals surface area contributed by atoms with Crippen LogP contribution in [0, 0.1) is 5.82 Å². The van der Waals surface area contributed by atoms with Crippen LogP contribution in [0.2, 0.25) is 0 Å². The zero-order valence-electron chi connectivity index (χ0n) is 11.8. The molecule has 1 heterocycles. The monoisotopic (exact) mass is 288 g/mol. The highest BCUT2D eigenvalue weighted by Crippen LogP contribution is 2.20. The van der Waals surface area contributed by atoms with Crippen molar-refractivity contribution in [3.05, 3.63) is 54.1 Å². The number of nitrogens with zero attached hydrogens (tertiary/aromatic N) is 1. The number of hydrogen-bond donors (Lipinski definition) is 1. The smallest absolute Gasteiger partial charge is 0.323 e. The third-order valence-corrected chi connectivity index (χ3v) is 3.02. The Morgan fingerprint density at radius 2 is 2.00 bits per heavy atom. The maximum atomic E-state index is 12.9. The second-order valence-electron chi connectivity index (χ2n) is 4.65. The number of rotatable bonds is 5. The van der Waals surface area contributed by atoms with Gasteiger partial charge in [-0.2, -0.15) is 0 Å². The van der Waals surface area contributed by atoms with Crippen molar-refractivity contribution in [2.45, 2.75) is 19.4 Å². The number of nitrogens with two attached hydrogens (primary N) is 1. The van der Waals surface area contributed by atoms with Crippen LogP contribution in [0.25, 0.3) is 11.1 Å². The first-order chi connectivity index (χ1) is 10.1. The minimum atomic E-state index is -0.713. The molecule has 0 radical (unpaired) electrons. The van der Waals surface area contributed by atoms with Gasteiger partial charge in [0.15, 0.2) is 0 Å². The van der Waals surface area contributed by atoms with E-state index in [-0.39, 0.29) is 5.82 Å². The van der Waals surface area contributed by atoms with Crippen molar-refractivity contribution in [1.29, 1.82) is 0 Å². The van der Waals surface area contributed by atoms with Crippen molar-refractivity contribution in [2.24, 2.45) is 5.73 Å². The molecule has 5 heteroatoms. The molecule has 4 nitrogen and oxygen atoms in total. The molecular weight excluding hydrogens is 271 g/mol. The van der Waals surface area contributed by atoms with Gasteiger partial charge >= 0.3 is 5.97 Å². The van der Waals surface area contributed by atoms with E-state index >= 15 is 0 Å². The largest absolute Gasteiger partial charge is 0.465 e. The van der Waals surface area contributed by atoms with Crippen LogP contribution in [0.5, 0.6) is 0 Å². The van der Waals surface area contributed by atoms with Gasteiger partial charge in [0.2, 0.25) is 0 Å². The average Bonchev–Trinajstić information content (AvgIpc) is 2.48. The van der Waals surface area contributed by atoms with Gasteiger partial charge in [0, 0.05) is 18.0 Å². The highest BCUT2D eigenvalue weighted by molar-refractivity contribution is 5.76. The Morgan fingerprint density at radius 1 is 1.29 bits per heavy atom. The first-order valence-corrected chi connectivity index (χ1v) is 6.72. The maximum Gasteiger partial charge on any atom is 0.323 e. The van der Waals surface area contributed by atoms with Gasteiger partial charge in [0.1, 0.15) is 11.9 Å². The van der Waals surface area contributed by atoms with E-state index in [0.717, 1.165) is 16.7 Å². The van der Waals surface area contributed by atoms with E-state index in [1.807, 2.05) is 6.07 Å². The summed E-state index contributed by atoms with van der Waals surface area (Å²) in [6.45, 7) is 2.04. The Morgan fingerprint density at radius 3 is 2.67 bits per heavy atom. The highest BCUT2D eigenvalue weighted by Gasteiger charge is 2.15. The zero-order valence-corrected chi connectivity index (χ0v) is 11.8.